The van der Waals surface area contributed by atoms with Gasteiger partial charge in [-0.25, -0.2) is 9.67 Å². The molecule has 0 radical (unpaired) electrons. The first-order valence-electron chi connectivity index (χ1n) is 8.90. The van der Waals surface area contributed by atoms with Crippen LogP contribution in [0.3, 0.4) is 0 Å². The predicted octanol–water partition coefficient (Wildman–Crippen LogP) is 4.06. The summed E-state index contributed by atoms with van der Waals surface area (Å²) < 4.78 is 1.47. The maximum Gasteiger partial charge on any atom is 0.295 e. The van der Waals surface area contributed by atoms with Gasteiger partial charge in [0.15, 0.2) is 0 Å². The number of carbonyl (C=O) groups excluding carboxylic acids is 2. The summed E-state index contributed by atoms with van der Waals surface area (Å²) in [6.07, 6.45) is 0.510. The van der Waals surface area contributed by atoms with E-state index >= 15 is 0 Å². The summed E-state index contributed by atoms with van der Waals surface area (Å²) >= 11 is 12.6. The number of carbonyl (C=O) groups is 2. The van der Waals surface area contributed by atoms with Crippen LogP contribution in [-0.2, 0) is 6.42 Å². The van der Waals surface area contributed by atoms with E-state index in [-0.39, 0.29) is 11.7 Å². The molecule has 0 aliphatic carbocycles. The largest absolute Gasteiger partial charge is 0.355 e. The van der Waals surface area contributed by atoms with E-state index in [0.29, 0.717) is 39.2 Å². The molecular weight excluding hydrogens is 413 g/mol. The minimum absolute atomic E-state index is 0.0535. The van der Waals surface area contributed by atoms with Crippen molar-refractivity contribution in [2.75, 3.05) is 12.4 Å². The average molecular weight is 432 g/mol. The Labute approximate surface area is 178 Å². The van der Waals surface area contributed by atoms with Crippen molar-refractivity contribution >= 4 is 40.7 Å². The molecule has 0 fully saturated rings. The Morgan fingerprint density at radius 1 is 1.07 bits per heavy atom. The fraction of sp³-hybridized carbons (Fsp3) is 0.200. The smallest absolute Gasteiger partial charge is 0.295 e. The fourth-order valence-corrected chi connectivity index (χ4v) is 3.47. The van der Waals surface area contributed by atoms with E-state index in [2.05, 4.69) is 20.7 Å². The third-order valence-corrected chi connectivity index (χ3v) is 4.93. The molecule has 2 amide bonds. The molecule has 7 nitrogen and oxygen atoms in total. The second-order valence-corrected chi connectivity index (χ2v) is 7.03. The van der Waals surface area contributed by atoms with Gasteiger partial charge in [0.2, 0.25) is 5.82 Å². The Balaban J connectivity index is 2.00. The van der Waals surface area contributed by atoms with Crippen molar-refractivity contribution in [2.24, 2.45) is 0 Å². The van der Waals surface area contributed by atoms with Gasteiger partial charge in [0, 0.05) is 13.5 Å². The van der Waals surface area contributed by atoms with Gasteiger partial charge in [-0.1, -0.05) is 48.3 Å². The van der Waals surface area contributed by atoms with E-state index < -0.39 is 5.91 Å². The first-order chi connectivity index (χ1) is 13.9. The third kappa shape index (κ3) is 4.11. The summed E-state index contributed by atoms with van der Waals surface area (Å²) in [5, 5.41) is 10.4. The molecule has 0 unspecified atom stereocenters. The van der Waals surface area contributed by atoms with Crippen LogP contribution in [0.25, 0.3) is 5.69 Å². The van der Waals surface area contributed by atoms with Gasteiger partial charge in [0.1, 0.15) is 11.5 Å². The number of halogens is 2. The maximum absolute atomic E-state index is 12.8. The molecule has 1 heterocycles. The van der Waals surface area contributed by atoms with Crippen LogP contribution >= 0.6 is 23.2 Å². The highest BCUT2D eigenvalue weighted by atomic mass is 35.5. The zero-order valence-electron chi connectivity index (χ0n) is 16.1. The topological polar surface area (TPSA) is 88.9 Å². The Morgan fingerprint density at radius 2 is 1.72 bits per heavy atom. The zero-order valence-corrected chi connectivity index (χ0v) is 17.6. The molecule has 2 aromatic carbocycles. The highest BCUT2D eigenvalue weighted by Crippen LogP contribution is 2.29. The lowest BCUT2D eigenvalue weighted by molar-refractivity contribution is 0.0963. The normalized spacial score (nSPS) is 10.7. The number of aryl methyl sites for hydroxylation is 2. The number of nitrogens with zero attached hydrogens (tertiary/aromatic N) is 3. The van der Waals surface area contributed by atoms with Crippen molar-refractivity contribution in [1.82, 2.24) is 20.1 Å². The van der Waals surface area contributed by atoms with Gasteiger partial charge in [-0.05, 0) is 30.7 Å². The summed E-state index contributed by atoms with van der Waals surface area (Å²) in [4.78, 5) is 29.4. The maximum atomic E-state index is 12.8. The summed E-state index contributed by atoms with van der Waals surface area (Å²) in [7, 11) is 1.53. The standard InChI is InChI=1S/C20H19Cl2N5O2/c1-4-15-25-18(26-27(15)17-12(21)8-6-9-13(17)22)20(29)24-14-10-5-7-11(2)16(14)19(28)23-3/h5-10H,4H2,1-3H3,(H,23,28)(H,24,29). The molecule has 150 valence electrons. The number of hydrogen-bond acceptors (Lipinski definition) is 4. The van der Waals surface area contributed by atoms with E-state index in [4.69, 9.17) is 23.2 Å². The van der Waals surface area contributed by atoms with Crippen LogP contribution in [0.1, 0.15) is 39.3 Å². The molecule has 0 atom stereocenters. The van der Waals surface area contributed by atoms with E-state index in [0.717, 1.165) is 5.56 Å². The Bertz CT molecular complexity index is 1070. The van der Waals surface area contributed by atoms with Crippen LogP contribution in [0.15, 0.2) is 36.4 Å². The van der Waals surface area contributed by atoms with Crippen molar-refractivity contribution in [3.63, 3.8) is 0 Å². The SMILES string of the molecule is CCc1nc(C(=O)Nc2cccc(C)c2C(=O)NC)nn1-c1c(Cl)cccc1Cl. The van der Waals surface area contributed by atoms with Gasteiger partial charge >= 0.3 is 0 Å². The van der Waals surface area contributed by atoms with Gasteiger partial charge in [-0.2, -0.15) is 0 Å². The van der Waals surface area contributed by atoms with Crippen LogP contribution in [0, 0.1) is 6.92 Å². The van der Waals surface area contributed by atoms with Crippen molar-refractivity contribution in [1.29, 1.82) is 0 Å². The first kappa shape index (κ1) is 20.8. The lowest BCUT2D eigenvalue weighted by atomic mass is 10.1. The number of aromatic nitrogens is 3. The molecule has 29 heavy (non-hydrogen) atoms. The number of amides is 2. The van der Waals surface area contributed by atoms with Gasteiger partial charge in [0.05, 0.1) is 21.3 Å². The molecule has 0 aliphatic rings. The van der Waals surface area contributed by atoms with Crippen molar-refractivity contribution in [3.8, 4) is 5.69 Å². The van der Waals surface area contributed by atoms with Crippen LogP contribution in [0.2, 0.25) is 10.0 Å². The average Bonchev–Trinajstić information content (AvgIpc) is 3.11. The zero-order chi connectivity index (χ0) is 21.1. The summed E-state index contributed by atoms with van der Waals surface area (Å²) in [6, 6.07) is 10.3. The first-order valence-corrected chi connectivity index (χ1v) is 9.66. The second kappa shape index (κ2) is 8.63. The number of hydrogen-bond donors (Lipinski definition) is 2. The number of rotatable bonds is 5. The Hall–Kier alpha value is -2.90. The van der Waals surface area contributed by atoms with Crippen LogP contribution in [-0.4, -0.2) is 33.6 Å². The highest BCUT2D eigenvalue weighted by molar-refractivity contribution is 6.37. The number of para-hydroxylation sites is 1. The predicted molar refractivity (Wildman–Crippen MR) is 113 cm³/mol. The molecule has 3 aromatic rings. The van der Waals surface area contributed by atoms with Gasteiger partial charge in [-0.3, -0.25) is 9.59 Å². The summed E-state index contributed by atoms with van der Waals surface area (Å²) in [6.45, 7) is 3.68. The highest BCUT2D eigenvalue weighted by Gasteiger charge is 2.21. The second-order valence-electron chi connectivity index (χ2n) is 6.22. The van der Waals surface area contributed by atoms with Crippen LogP contribution < -0.4 is 10.6 Å². The molecule has 3 rings (SSSR count). The number of benzene rings is 2. The number of anilines is 1. The Morgan fingerprint density at radius 3 is 2.34 bits per heavy atom. The minimum Gasteiger partial charge on any atom is -0.355 e. The van der Waals surface area contributed by atoms with Crippen molar-refractivity contribution < 1.29 is 9.59 Å². The molecule has 0 spiro atoms. The number of nitrogens with one attached hydrogen (secondary N) is 2. The van der Waals surface area contributed by atoms with Crippen molar-refractivity contribution in [2.45, 2.75) is 20.3 Å². The van der Waals surface area contributed by atoms with Crippen LogP contribution in [0.5, 0.6) is 0 Å². The molecular formula is C20H19Cl2N5O2. The molecule has 0 aliphatic heterocycles. The molecule has 1 aromatic heterocycles. The quantitative estimate of drug-likeness (QED) is 0.637. The minimum atomic E-state index is -0.544. The molecule has 0 saturated heterocycles. The lowest BCUT2D eigenvalue weighted by Crippen LogP contribution is -2.23. The molecule has 9 heteroatoms. The van der Waals surface area contributed by atoms with Crippen LogP contribution in [0.4, 0.5) is 5.69 Å². The van der Waals surface area contributed by atoms with Crippen molar-refractivity contribution in [3.05, 3.63) is 69.2 Å². The summed E-state index contributed by atoms with van der Waals surface area (Å²) in [5.41, 5.74) is 1.95. The summed E-state index contributed by atoms with van der Waals surface area (Å²) in [5.74, 6) is -0.366. The monoisotopic (exact) mass is 431 g/mol. The fourth-order valence-electron chi connectivity index (χ4n) is 2.92. The van der Waals surface area contributed by atoms with Gasteiger partial charge < -0.3 is 10.6 Å². The van der Waals surface area contributed by atoms with E-state index in [1.54, 1.807) is 43.3 Å². The van der Waals surface area contributed by atoms with E-state index in [1.807, 2.05) is 6.92 Å². The third-order valence-electron chi connectivity index (χ3n) is 4.32. The van der Waals surface area contributed by atoms with E-state index in [1.165, 1.54) is 11.7 Å². The Kier molecular flexibility index (Phi) is 6.20. The lowest BCUT2D eigenvalue weighted by Gasteiger charge is -2.11. The molecule has 0 bridgehead atoms. The van der Waals surface area contributed by atoms with Gasteiger partial charge in [0.25, 0.3) is 11.8 Å². The molecule has 0 saturated carbocycles. The van der Waals surface area contributed by atoms with Gasteiger partial charge in [-0.15, -0.1) is 5.10 Å². The molecule has 2 N–H and O–H groups in total. The van der Waals surface area contributed by atoms with E-state index in [9.17, 15) is 9.59 Å².